The zero-order chi connectivity index (χ0) is 22.9. The summed E-state index contributed by atoms with van der Waals surface area (Å²) in [6.45, 7) is -0.213. The van der Waals surface area contributed by atoms with Crippen LogP contribution in [-0.2, 0) is 20.6 Å². The van der Waals surface area contributed by atoms with Crippen LogP contribution in [0.5, 0.6) is 11.5 Å². The Bertz CT molecular complexity index is 1080. The van der Waals surface area contributed by atoms with Gasteiger partial charge in [0.15, 0.2) is 6.61 Å². The van der Waals surface area contributed by atoms with Crippen molar-refractivity contribution >= 4 is 27.5 Å². The fourth-order valence-corrected chi connectivity index (χ4v) is 5.42. The lowest BCUT2D eigenvalue weighted by Crippen LogP contribution is -2.50. The second-order valence-corrected chi connectivity index (χ2v) is 10.2. The molecule has 0 saturated carbocycles. The van der Waals surface area contributed by atoms with Crippen molar-refractivity contribution in [1.82, 2.24) is 4.90 Å². The first kappa shape index (κ1) is 22.8. The molecule has 2 aromatic rings. The predicted molar refractivity (Wildman–Crippen MR) is 117 cm³/mol. The van der Waals surface area contributed by atoms with Crippen molar-refractivity contribution in [2.45, 2.75) is 49.6 Å². The number of primary sulfonamides is 1. The van der Waals surface area contributed by atoms with E-state index in [1.807, 2.05) is 4.90 Å². The summed E-state index contributed by atoms with van der Waals surface area (Å²) in [5.74, 6) is -0.0308. The number of halogens is 2. The molecule has 10 heteroatoms. The van der Waals surface area contributed by atoms with Crippen LogP contribution in [0.3, 0.4) is 0 Å². The molecule has 2 bridgehead atoms. The molecule has 2 aliphatic heterocycles. The molecule has 4 rings (SSSR count). The maximum Gasteiger partial charge on any atom is 0.261 e. The standard InChI is InChI=1S/C22H24ClFN2O5S/c23-15-1-8-21(14(9-15)13-32(25,28)29)30-12-22(27)26-17-4-5-18(26)11-20(10-17)31-19-6-2-16(24)3-7-19/h1-3,6-9,17-18,20H,4-5,10-13H2,(H2,25,28,29)/t17-,18+,20?. The number of nitrogens with two attached hydrogens (primary N) is 1. The van der Waals surface area contributed by atoms with E-state index < -0.39 is 15.8 Å². The van der Waals surface area contributed by atoms with Gasteiger partial charge in [0.25, 0.3) is 5.91 Å². The molecule has 0 aromatic heterocycles. The van der Waals surface area contributed by atoms with Gasteiger partial charge >= 0.3 is 0 Å². The van der Waals surface area contributed by atoms with Crippen molar-refractivity contribution in [3.8, 4) is 11.5 Å². The number of fused-ring (bicyclic) bond motifs is 2. The highest BCUT2D eigenvalue weighted by Crippen LogP contribution is 2.37. The lowest BCUT2D eigenvalue weighted by atomic mass is 9.99. The maximum atomic E-state index is 13.1. The third kappa shape index (κ3) is 5.51. The van der Waals surface area contributed by atoms with Crippen LogP contribution < -0.4 is 14.6 Å². The van der Waals surface area contributed by atoms with Crippen molar-refractivity contribution in [3.05, 3.63) is 58.9 Å². The van der Waals surface area contributed by atoms with Crippen LogP contribution in [0, 0.1) is 5.82 Å². The number of amides is 1. The normalized spacial score (nSPS) is 22.6. The van der Waals surface area contributed by atoms with Gasteiger partial charge in [0, 0.05) is 35.5 Å². The first-order valence-electron chi connectivity index (χ1n) is 10.3. The van der Waals surface area contributed by atoms with E-state index in [0.29, 0.717) is 29.2 Å². The number of carbonyl (C=O) groups excluding carboxylic acids is 1. The monoisotopic (exact) mass is 482 g/mol. The van der Waals surface area contributed by atoms with Crippen LogP contribution in [0.15, 0.2) is 42.5 Å². The number of piperidine rings is 1. The molecule has 1 unspecified atom stereocenters. The minimum absolute atomic E-state index is 0.0411. The molecule has 2 saturated heterocycles. The summed E-state index contributed by atoms with van der Waals surface area (Å²) in [7, 11) is -3.79. The number of ether oxygens (including phenoxy) is 2. The van der Waals surface area contributed by atoms with E-state index in [4.69, 9.17) is 26.2 Å². The Labute approximate surface area is 191 Å². The zero-order valence-corrected chi connectivity index (χ0v) is 18.8. The molecule has 2 aliphatic rings. The maximum absolute atomic E-state index is 13.1. The first-order chi connectivity index (χ1) is 15.2. The fraction of sp³-hybridized carbons (Fsp3) is 0.409. The molecular weight excluding hydrogens is 459 g/mol. The SMILES string of the molecule is NS(=O)(=O)Cc1cc(Cl)ccc1OCC(=O)N1[C@@H]2CC[C@H]1CC(Oc1ccc(F)cc1)C2. The Morgan fingerprint density at radius 1 is 1.12 bits per heavy atom. The number of hydrogen-bond donors (Lipinski definition) is 1. The van der Waals surface area contributed by atoms with Gasteiger partial charge in [-0.05, 0) is 55.3 Å². The topological polar surface area (TPSA) is 98.9 Å². The molecule has 0 radical (unpaired) electrons. The molecule has 0 aliphatic carbocycles. The summed E-state index contributed by atoms with van der Waals surface area (Å²) < 4.78 is 47.8. The van der Waals surface area contributed by atoms with Gasteiger partial charge in [-0.2, -0.15) is 0 Å². The smallest absolute Gasteiger partial charge is 0.261 e. The Morgan fingerprint density at radius 2 is 1.78 bits per heavy atom. The van der Waals surface area contributed by atoms with Crippen LogP contribution >= 0.6 is 11.6 Å². The van der Waals surface area contributed by atoms with Gasteiger partial charge in [0.2, 0.25) is 10.0 Å². The summed E-state index contributed by atoms with van der Waals surface area (Å²) in [4.78, 5) is 14.8. The van der Waals surface area contributed by atoms with E-state index in [0.717, 1.165) is 12.8 Å². The minimum atomic E-state index is -3.79. The van der Waals surface area contributed by atoms with Gasteiger partial charge in [-0.3, -0.25) is 4.79 Å². The number of nitrogens with zero attached hydrogens (tertiary/aromatic N) is 1. The van der Waals surface area contributed by atoms with Gasteiger partial charge in [-0.25, -0.2) is 17.9 Å². The van der Waals surface area contributed by atoms with Crippen molar-refractivity contribution in [2.75, 3.05) is 6.61 Å². The van der Waals surface area contributed by atoms with E-state index >= 15 is 0 Å². The van der Waals surface area contributed by atoms with Gasteiger partial charge in [-0.15, -0.1) is 0 Å². The van der Waals surface area contributed by atoms with E-state index in [-0.39, 0.29) is 42.3 Å². The number of rotatable bonds is 7. The van der Waals surface area contributed by atoms with E-state index in [1.165, 1.54) is 24.3 Å². The summed E-state index contributed by atoms with van der Waals surface area (Å²) >= 11 is 5.96. The average Bonchev–Trinajstić information content (AvgIpc) is 2.98. The van der Waals surface area contributed by atoms with E-state index in [2.05, 4.69) is 0 Å². The van der Waals surface area contributed by atoms with Crippen LogP contribution in [0.4, 0.5) is 4.39 Å². The Kier molecular flexibility index (Phi) is 6.60. The lowest BCUT2D eigenvalue weighted by Gasteiger charge is -2.38. The highest BCUT2D eigenvalue weighted by atomic mass is 35.5. The van der Waals surface area contributed by atoms with Crippen molar-refractivity contribution < 1.29 is 27.1 Å². The molecule has 2 fully saturated rings. The Morgan fingerprint density at radius 3 is 2.41 bits per heavy atom. The predicted octanol–water partition coefficient (Wildman–Crippen LogP) is 3.25. The molecule has 172 valence electrons. The van der Waals surface area contributed by atoms with Gasteiger partial charge in [-0.1, -0.05) is 11.6 Å². The van der Waals surface area contributed by atoms with Crippen molar-refractivity contribution in [2.24, 2.45) is 5.14 Å². The highest BCUT2D eigenvalue weighted by Gasteiger charge is 2.44. The van der Waals surface area contributed by atoms with Crippen molar-refractivity contribution in [3.63, 3.8) is 0 Å². The lowest BCUT2D eigenvalue weighted by molar-refractivity contribution is -0.139. The first-order valence-corrected chi connectivity index (χ1v) is 12.4. The second-order valence-electron chi connectivity index (χ2n) is 8.20. The number of carbonyl (C=O) groups is 1. The van der Waals surface area contributed by atoms with Crippen LogP contribution in [0.1, 0.15) is 31.2 Å². The van der Waals surface area contributed by atoms with Gasteiger partial charge < -0.3 is 14.4 Å². The van der Waals surface area contributed by atoms with Crippen molar-refractivity contribution in [1.29, 1.82) is 0 Å². The zero-order valence-electron chi connectivity index (χ0n) is 17.2. The second kappa shape index (κ2) is 9.25. The fourth-order valence-electron chi connectivity index (χ4n) is 4.57. The number of hydrogen-bond acceptors (Lipinski definition) is 5. The number of benzene rings is 2. The summed E-state index contributed by atoms with van der Waals surface area (Å²) in [5.41, 5.74) is 0.308. The van der Waals surface area contributed by atoms with Crippen LogP contribution in [0.25, 0.3) is 0 Å². The minimum Gasteiger partial charge on any atom is -0.490 e. The summed E-state index contributed by atoms with van der Waals surface area (Å²) in [5, 5.41) is 5.50. The summed E-state index contributed by atoms with van der Waals surface area (Å²) in [6.07, 6.45) is 3.11. The Balaban J connectivity index is 1.38. The Hall–Kier alpha value is -2.36. The molecular formula is C22H24ClFN2O5S. The molecule has 2 aromatic carbocycles. The quantitative estimate of drug-likeness (QED) is 0.653. The van der Waals surface area contributed by atoms with Crippen LogP contribution in [-0.4, -0.2) is 44.0 Å². The molecule has 0 spiro atoms. The van der Waals surface area contributed by atoms with Crippen LogP contribution in [0.2, 0.25) is 5.02 Å². The molecule has 32 heavy (non-hydrogen) atoms. The largest absolute Gasteiger partial charge is 0.490 e. The van der Waals surface area contributed by atoms with Gasteiger partial charge in [0.1, 0.15) is 23.4 Å². The molecule has 3 atom stereocenters. The molecule has 7 nitrogen and oxygen atoms in total. The highest BCUT2D eigenvalue weighted by molar-refractivity contribution is 7.88. The molecule has 1 amide bonds. The summed E-state index contributed by atoms with van der Waals surface area (Å²) in [6, 6.07) is 10.6. The third-order valence-electron chi connectivity index (χ3n) is 5.82. The molecule has 2 N–H and O–H groups in total. The van der Waals surface area contributed by atoms with Gasteiger partial charge in [0.05, 0.1) is 5.75 Å². The van der Waals surface area contributed by atoms with E-state index in [9.17, 15) is 17.6 Å². The molecule has 2 heterocycles. The average molecular weight is 483 g/mol. The number of sulfonamides is 1. The third-order valence-corrected chi connectivity index (χ3v) is 6.77. The van der Waals surface area contributed by atoms with E-state index in [1.54, 1.807) is 18.2 Å².